The molecule has 0 radical (unpaired) electrons. The minimum atomic E-state index is -0.641. The summed E-state index contributed by atoms with van der Waals surface area (Å²) in [5.74, 6) is -0.778. The smallest absolute Gasteiger partial charge is 0.433 e. The Morgan fingerprint density at radius 1 is 1.32 bits per heavy atom. The van der Waals surface area contributed by atoms with Crippen LogP contribution >= 0.6 is 0 Å². The molecule has 1 aromatic carbocycles. The molecule has 2 N–H and O–H groups in total. The number of rotatable bonds is 5. The van der Waals surface area contributed by atoms with Crippen LogP contribution in [0.15, 0.2) is 52.0 Å². The molecule has 0 unspecified atom stereocenters. The summed E-state index contributed by atoms with van der Waals surface area (Å²) in [6.07, 6.45) is 4.16. The van der Waals surface area contributed by atoms with Crippen LogP contribution in [0.3, 0.4) is 0 Å². The van der Waals surface area contributed by atoms with E-state index >= 15 is 0 Å². The molecule has 1 heterocycles. The van der Waals surface area contributed by atoms with Gasteiger partial charge in [0.05, 0.1) is 11.6 Å². The van der Waals surface area contributed by atoms with Crippen molar-refractivity contribution < 1.29 is 19.2 Å². The molecule has 0 spiro atoms. The van der Waals surface area contributed by atoms with Crippen LogP contribution < -0.4 is 5.43 Å². The fourth-order valence-corrected chi connectivity index (χ4v) is 1.53. The van der Waals surface area contributed by atoms with Gasteiger partial charge in [-0.1, -0.05) is 12.1 Å². The summed E-state index contributed by atoms with van der Waals surface area (Å²) >= 11 is 0. The first kappa shape index (κ1) is 15.0. The van der Waals surface area contributed by atoms with Gasteiger partial charge in [0.2, 0.25) is 0 Å². The number of nitrogens with zero attached hydrogens (tertiary/aromatic N) is 2. The van der Waals surface area contributed by atoms with Crippen molar-refractivity contribution in [3.05, 3.63) is 63.9 Å². The standard InChI is InChI=1S/C14H11N3O5/c18-12-6-2-1-5-11(12)14(19)16-15-9-3-4-10-7-8-13(22-10)17(20)21/h1-9,18H,(H,16,19)/b4-3+,15-9-. The van der Waals surface area contributed by atoms with Gasteiger partial charge in [-0.05, 0) is 30.4 Å². The second-order valence-corrected chi connectivity index (χ2v) is 4.03. The van der Waals surface area contributed by atoms with Crippen molar-refractivity contribution in [1.82, 2.24) is 5.43 Å². The number of carbonyl (C=O) groups is 1. The number of nitro groups is 1. The maximum Gasteiger partial charge on any atom is 0.433 e. The molecule has 8 heteroatoms. The van der Waals surface area contributed by atoms with Gasteiger partial charge in [-0.2, -0.15) is 5.10 Å². The third-order valence-corrected chi connectivity index (χ3v) is 2.53. The first-order valence-corrected chi connectivity index (χ1v) is 6.10. The zero-order valence-corrected chi connectivity index (χ0v) is 11.2. The summed E-state index contributed by atoms with van der Waals surface area (Å²) in [5.41, 5.74) is 2.33. The van der Waals surface area contributed by atoms with Gasteiger partial charge in [-0.15, -0.1) is 0 Å². The van der Waals surface area contributed by atoms with Crippen LogP contribution in [0.2, 0.25) is 0 Å². The van der Waals surface area contributed by atoms with E-state index in [9.17, 15) is 20.0 Å². The van der Waals surface area contributed by atoms with Gasteiger partial charge in [0.25, 0.3) is 5.91 Å². The highest BCUT2D eigenvalue weighted by Gasteiger charge is 2.09. The fourth-order valence-electron chi connectivity index (χ4n) is 1.53. The Balaban J connectivity index is 1.90. The molecule has 1 amide bonds. The number of amides is 1. The lowest BCUT2D eigenvalue weighted by atomic mass is 10.2. The zero-order valence-electron chi connectivity index (χ0n) is 11.2. The number of phenols is 1. The van der Waals surface area contributed by atoms with Gasteiger partial charge in [-0.3, -0.25) is 14.9 Å². The number of benzene rings is 1. The number of aromatic hydroxyl groups is 1. The molecule has 0 atom stereocenters. The highest BCUT2D eigenvalue weighted by Crippen LogP contribution is 2.16. The summed E-state index contributed by atoms with van der Waals surface area (Å²) in [5, 5.41) is 23.6. The third kappa shape index (κ3) is 3.79. The average Bonchev–Trinajstić information content (AvgIpc) is 2.96. The molecule has 22 heavy (non-hydrogen) atoms. The highest BCUT2D eigenvalue weighted by atomic mass is 16.6. The van der Waals surface area contributed by atoms with Gasteiger partial charge in [-0.25, -0.2) is 5.43 Å². The van der Waals surface area contributed by atoms with E-state index in [0.717, 1.165) is 0 Å². The number of hydrazone groups is 1. The van der Waals surface area contributed by atoms with Crippen LogP contribution in [-0.4, -0.2) is 22.2 Å². The van der Waals surface area contributed by atoms with Crippen LogP contribution in [-0.2, 0) is 0 Å². The largest absolute Gasteiger partial charge is 0.507 e. The molecule has 0 fully saturated rings. The lowest BCUT2D eigenvalue weighted by Crippen LogP contribution is -2.17. The quantitative estimate of drug-likeness (QED) is 0.499. The normalized spacial score (nSPS) is 11.1. The van der Waals surface area contributed by atoms with E-state index in [1.165, 1.54) is 42.6 Å². The number of hydrogen-bond donors (Lipinski definition) is 2. The number of phenolic OH excluding ortho intramolecular Hbond substituents is 1. The number of nitrogens with one attached hydrogen (secondary N) is 1. The second-order valence-electron chi connectivity index (χ2n) is 4.03. The van der Waals surface area contributed by atoms with E-state index in [-0.39, 0.29) is 23.0 Å². The number of para-hydroxylation sites is 1. The lowest BCUT2D eigenvalue weighted by Gasteiger charge is -2.01. The molecule has 8 nitrogen and oxygen atoms in total. The number of carbonyl (C=O) groups excluding carboxylic acids is 1. The van der Waals surface area contributed by atoms with Crippen LogP contribution in [0.4, 0.5) is 5.88 Å². The molecule has 112 valence electrons. The van der Waals surface area contributed by atoms with Crippen LogP contribution in [0.5, 0.6) is 5.75 Å². The second kappa shape index (κ2) is 6.84. The summed E-state index contributed by atoms with van der Waals surface area (Å²) < 4.78 is 4.89. The van der Waals surface area contributed by atoms with E-state index in [1.807, 2.05) is 0 Å². The first-order chi connectivity index (χ1) is 10.6. The molecule has 0 saturated carbocycles. The van der Waals surface area contributed by atoms with E-state index in [1.54, 1.807) is 12.1 Å². The Bertz CT molecular complexity index is 748. The minimum absolute atomic E-state index is 0.102. The maximum absolute atomic E-state index is 11.7. The number of hydrogen-bond acceptors (Lipinski definition) is 6. The van der Waals surface area contributed by atoms with Crippen molar-refractivity contribution in [2.75, 3.05) is 0 Å². The van der Waals surface area contributed by atoms with Crippen molar-refractivity contribution in [1.29, 1.82) is 0 Å². The molecule has 0 aliphatic rings. The maximum atomic E-state index is 11.7. The molecular formula is C14H11N3O5. The van der Waals surface area contributed by atoms with Gasteiger partial charge >= 0.3 is 5.88 Å². The van der Waals surface area contributed by atoms with Gasteiger partial charge < -0.3 is 9.52 Å². The molecule has 0 aliphatic carbocycles. The average molecular weight is 301 g/mol. The summed E-state index contributed by atoms with van der Waals surface area (Å²) in [7, 11) is 0. The summed E-state index contributed by atoms with van der Waals surface area (Å²) in [4.78, 5) is 21.5. The first-order valence-electron chi connectivity index (χ1n) is 6.10. The molecule has 2 aromatic rings. The summed E-state index contributed by atoms with van der Waals surface area (Å²) in [6.45, 7) is 0. The minimum Gasteiger partial charge on any atom is -0.507 e. The molecule has 1 aromatic heterocycles. The van der Waals surface area contributed by atoms with E-state index in [0.29, 0.717) is 0 Å². The van der Waals surface area contributed by atoms with Crippen LogP contribution in [0, 0.1) is 10.1 Å². The molecular weight excluding hydrogens is 290 g/mol. The molecule has 0 saturated heterocycles. The molecule has 0 aliphatic heterocycles. The SMILES string of the molecule is O=C(N/N=C\C=C\c1ccc([N+](=O)[O-])o1)c1ccccc1O. The van der Waals surface area contributed by atoms with Gasteiger partial charge in [0.15, 0.2) is 0 Å². The van der Waals surface area contributed by atoms with E-state index in [4.69, 9.17) is 4.42 Å². The lowest BCUT2D eigenvalue weighted by molar-refractivity contribution is -0.402. The molecule has 2 rings (SSSR count). The highest BCUT2D eigenvalue weighted by molar-refractivity contribution is 5.97. The topological polar surface area (TPSA) is 118 Å². The van der Waals surface area contributed by atoms with Gasteiger partial charge in [0.1, 0.15) is 16.4 Å². The Morgan fingerprint density at radius 2 is 2.09 bits per heavy atom. The van der Waals surface area contributed by atoms with Crippen molar-refractivity contribution in [3.63, 3.8) is 0 Å². The van der Waals surface area contributed by atoms with Crippen molar-refractivity contribution in [2.45, 2.75) is 0 Å². The number of furan rings is 1. The summed E-state index contributed by atoms with van der Waals surface area (Å²) in [6, 6.07) is 8.73. The van der Waals surface area contributed by atoms with Crippen molar-refractivity contribution in [3.8, 4) is 5.75 Å². The predicted molar refractivity (Wildman–Crippen MR) is 78.5 cm³/mol. The van der Waals surface area contributed by atoms with Crippen molar-refractivity contribution >= 4 is 24.1 Å². The predicted octanol–water partition coefficient (Wildman–Crippen LogP) is 2.32. The Hall–Kier alpha value is -3.42. The Labute approximate surface area is 124 Å². The zero-order chi connectivity index (χ0) is 15.9. The van der Waals surface area contributed by atoms with Crippen LogP contribution in [0.1, 0.15) is 16.1 Å². The van der Waals surface area contributed by atoms with E-state index in [2.05, 4.69) is 10.5 Å². The van der Waals surface area contributed by atoms with Crippen LogP contribution in [0.25, 0.3) is 6.08 Å². The van der Waals surface area contributed by atoms with Gasteiger partial charge in [0, 0.05) is 6.21 Å². The fraction of sp³-hybridized carbons (Fsp3) is 0. The Morgan fingerprint density at radius 3 is 2.77 bits per heavy atom. The van der Waals surface area contributed by atoms with Crippen molar-refractivity contribution in [2.24, 2.45) is 5.10 Å². The van der Waals surface area contributed by atoms with E-state index < -0.39 is 10.8 Å². The third-order valence-electron chi connectivity index (χ3n) is 2.53. The Kier molecular flexibility index (Phi) is 4.66. The molecule has 0 bridgehead atoms. The number of allylic oxidation sites excluding steroid dienone is 1. The monoisotopic (exact) mass is 301 g/mol.